The molecule has 1 saturated heterocycles. The second-order valence-electron chi connectivity index (χ2n) is 12.9. The van der Waals surface area contributed by atoms with Crippen LogP contribution in [0.25, 0.3) is 0 Å². The summed E-state index contributed by atoms with van der Waals surface area (Å²) in [6, 6.07) is 0. The van der Waals surface area contributed by atoms with E-state index in [0.29, 0.717) is 17.9 Å². The first kappa shape index (κ1) is 25.5. The molecule has 4 rings (SSSR count). The Balaban J connectivity index is 1.46. The average molecular weight is 455 g/mol. The summed E-state index contributed by atoms with van der Waals surface area (Å²) in [5.74, 6) is 5.59. The largest absolute Gasteiger partial charge is 0.367 e. The molecule has 1 heteroatoms. The van der Waals surface area contributed by atoms with Crippen LogP contribution in [0.5, 0.6) is 0 Å². The van der Waals surface area contributed by atoms with Gasteiger partial charge in [0.05, 0.1) is 11.7 Å². The van der Waals surface area contributed by atoms with Crippen LogP contribution in [0.3, 0.4) is 0 Å². The van der Waals surface area contributed by atoms with Gasteiger partial charge in [-0.25, -0.2) is 0 Å². The van der Waals surface area contributed by atoms with Crippen molar-refractivity contribution in [3.63, 3.8) is 0 Å². The third-order valence-corrected chi connectivity index (χ3v) is 11.1. The van der Waals surface area contributed by atoms with Crippen LogP contribution in [0.1, 0.15) is 126 Å². The van der Waals surface area contributed by atoms with Crippen molar-refractivity contribution in [2.24, 2.45) is 41.4 Å². The molecule has 0 aromatic heterocycles. The Bertz CT molecular complexity index is 731. The third-order valence-electron chi connectivity index (χ3n) is 11.1. The highest BCUT2D eigenvalue weighted by atomic mass is 16.5. The van der Waals surface area contributed by atoms with E-state index in [1.807, 2.05) is 5.57 Å². The first-order valence-electron chi connectivity index (χ1n) is 14.9. The average Bonchev–Trinajstić information content (AvgIpc) is 3.32. The van der Waals surface area contributed by atoms with E-state index in [0.717, 1.165) is 29.6 Å². The highest BCUT2D eigenvalue weighted by molar-refractivity contribution is 5.34. The summed E-state index contributed by atoms with van der Waals surface area (Å²) < 4.78 is 7.08. The molecule has 0 aromatic rings. The molecule has 1 nitrogen and oxygen atoms in total. The van der Waals surface area contributed by atoms with Crippen LogP contribution in [-0.2, 0) is 4.74 Å². The number of fused-ring (bicyclic) bond motifs is 1. The van der Waals surface area contributed by atoms with Crippen LogP contribution in [0.4, 0.5) is 0 Å². The zero-order valence-electron chi connectivity index (χ0n) is 23.1. The highest BCUT2D eigenvalue weighted by Gasteiger charge is 2.55. The Labute approximate surface area is 206 Å². The Morgan fingerprint density at radius 2 is 1.88 bits per heavy atom. The molecule has 4 aliphatic rings. The first-order chi connectivity index (χ1) is 15.8. The maximum atomic E-state index is 7.08. The molecule has 188 valence electrons. The molecule has 0 aromatic carbocycles. The van der Waals surface area contributed by atoms with Gasteiger partial charge in [0.15, 0.2) is 0 Å². The molecule has 33 heavy (non-hydrogen) atoms. The molecule has 3 fully saturated rings. The summed E-state index contributed by atoms with van der Waals surface area (Å²) in [5.41, 5.74) is 5.32. The highest BCUT2D eigenvalue weighted by Crippen LogP contribution is 2.57. The molecular formula is C32H54O. The SMILES string of the molecule is CCCC1CCC(C)/C(=C\CC2CCC3=C(C)C4(CCC32)OC(CC(C)CC)C(C)[C@H]4C)C1. The summed E-state index contributed by atoms with van der Waals surface area (Å²) >= 11 is 0. The van der Waals surface area contributed by atoms with Gasteiger partial charge in [-0.2, -0.15) is 0 Å². The summed E-state index contributed by atoms with van der Waals surface area (Å²) in [6.07, 6.45) is 19.4. The fraction of sp³-hybridized carbons (Fsp3) is 0.875. The Morgan fingerprint density at radius 1 is 1.09 bits per heavy atom. The predicted octanol–water partition coefficient (Wildman–Crippen LogP) is 9.52. The van der Waals surface area contributed by atoms with Crippen molar-refractivity contribution in [3.8, 4) is 0 Å². The minimum atomic E-state index is 0.0436. The van der Waals surface area contributed by atoms with Crippen molar-refractivity contribution < 1.29 is 4.74 Å². The Hall–Kier alpha value is -0.560. The van der Waals surface area contributed by atoms with Crippen LogP contribution in [0.15, 0.2) is 22.8 Å². The smallest absolute Gasteiger partial charge is 0.0924 e. The monoisotopic (exact) mass is 454 g/mol. The zero-order chi connectivity index (χ0) is 23.8. The van der Waals surface area contributed by atoms with E-state index in [1.165, 1.54) is 77.0 Å². The van der Waals surface area contributed by atoms with Crippen molar-refractivity contribution >= 4 is 0 Å². The number of hydrogen-bond donors (Lipinski definition) is 0. The Morgan fingerprint density at radius 3 is 2.61 bits per heavy atom. The normalized spacial score (nSPS) is 43.5. The lowest BCUT2D eigenvalue weighted by Gasteiger charge is -2.42. The van der Waals surface area contributed by atoms with Crippen LogP contribution in [-0.4, -0.2) is 11.7 Å². The molecule has 0 amide bonds. The van der Waals surface area contributed by atoms with Gasteiger partial charge < -0.3 is 4.74 Å². The van der Waals surface area contributed by atoms with E-state index >= 15 is 0 Å². The lowest BCUT2D eigenvalue weighted by atomic mass is 9.66. The standard InChI is InChI=1S/C32H54O/c1-8-10-26-12-11-22(4)28(20-26)14-13-27-15-16-29-25(7)32(18-17-30(27)29)24(6)23(5)31(33-32)19-21(3)9-2/h14,21-24,26-27,30-31H,8-13,15-20H2,1-7H3/b28-14-/t21?,22?,23?,24-,26?,27?,30?,31?,32?/m1/s1. The first-order valence-corrected chi connectivity index (χ1v) is 14.9. The van der Waals surface area contributed by atoms with Gasteiger partial charge in [-0.05, 0) is 112 Å². The summed E-state index contributed by atoms with van der Waals surface area (Å²) in [4.78, 5) is 0. The maximum Gasteiger partial charge on any atom is 0.0924 e. The summed E-state index contributed by atoms with van der Waals surface area (Å²) in [5, 5.41) is 0. The Kier molecular flexibility index (Phi) is 8.20. The molecule has 1 spiro atoms. The number of hydrogen-bond acceptors (Lipinski definition) is 1. The molecule has 8 unspecified atom stereocenters. The minimum absolute atomic E-state index is 0.0436. The van der Waals surface area contributed by atoms with E-state index in [1.54, 1.807) is 11.1 Å². The quantitative estimate of drug-likeness (QED) is 0.348. The number of ether oxygens (including phenoxy) is 1. The van der Waals surface area contributed by atoms with Crippen LogP contribution in [0, 0.1) is 41.4 Å². The minimum Gasteiger partial charge on any atom is -0.367 e. The third kappa shape index (κ3) is 4.92. The molecule has 0 radical (unpaired) electrons. The second kappa shape index (κ2) is 10.6. The van der Waals surface area contributed by atoms with E-state index < -0.39 is 0 Å². The van der Waals surface area contributed by atoms with E-state index in [4.69, 9.17) is 4.74 Å². The predicted molar refractivity (Wildman–Crippen MR) is 142 cm³/mol. The molecule has 2 saturated carbocycles. The van der Waals surface area contributed by atoms with Gasteiger partial charge in [-0.15, -0.1) is 0 Å². The fourth-order valence-corrected chi connectivity index (χ4v) is 8.32. The van der Waals surface area contributed by atoms with Gasteiger partial charge in [0.2, 0.25) is 0 Å². The topological polar surface area (TPSA) is 9.23 Å². The molecule has 0 bridgehead atoms. The summed E-state index contributed by atoms with van der Waals surface area (Å²) in [7, 11) is 0. The van der Waals surface area contributed by atoms with Crippen molar-refractivity contribution in [3.05, 3.63) is 22.8 Å². The zero-order valence-corrected chi connectivity index (χ0v) is 23.1. The molecule has 1 heterocycles. The van der Waals surface area contributed by atoms with Crippen molar-refractivity contribution in [2.45, 2.75) is 137 Å². The second-order valence-corrected chi connectivity index (χ2v) is 12.9. The van der Waals surface area contributed by atoms with Gasteiger partial charge in [0.25, 0.3) is 0 Å². The van der Waals surface area contributed by atoms with Gasteiger partial charge >= 0.3 is 0 Å². The lowest BCUT2D eigenvalue weighted by Crippen LogP contribution is -2.41. The van der Waals surface area contributed by atoms with Crippen LogP contribution >= 0.6 is 0 Å². The van der Waals surface area contributed by atoms with Crippen LogP contribution in [0.2, 0.25) is 0 Å². The van der Waals surface area contributed by atoms with E-state index in [2.05, 4.69) is 54.5 Å². The molecular weight excluding hydrogens is 400 g/mol. The van der Waals surface area contributed by atoms with E-state index in [-0.39, 0.29) is 5.60 Å². The maximum absolute atomic E-state index is 7.08. The summed E-state index contributed by atoms with van der Waals surface area (Å²) in [6.45, 7) is 17.0. The van der Waals surface area contributed by atoms with Crippen molar-refractivity contribution in [2.75, 3.05) is 0 Å². The van der Waals surface area contributed by atoms with Crippen LogP contribution < -0.4 is 0 Å². The number of rotatable bonds is 7. The fourth-order valence-electron chi connectivity index (χ4n) is 8.32. The van der Waals surface area contributed by atoms with Gasteiger partial charge in [0.1, 0.15) is 0 Å². The molecule has 3 aliphatic carbocycles. The van der Waals surface area contributed by atoms with Gasteiger partial charge in [0, 0.05) is 0 Å². The molecule has 9 atom stereocenters. The van der Waals surface area contributed by atoms with Gasteiger partial charge in [-0.3, -0.25) is 0 Å². The van der Waals surface area contributed by atoms with Gasteiger partial charge in [-0.1, -0.05) is 78.0 Å². The lowest BCUT2D eigenvalue weighted by molar-refractivity contribution is -0.0524. The molecule has 1 aliphatic heterocycles. The van der Waals surface area contributed by atoms with Crippen molar-refractivity contribution in [1.82, 2.24) is 0 Å². The molecule has 0 N–H and O–H groups in total. The number of allylic oxidation sites excluding steroid dienone is 3. The van der Waals surface area contributed by atoms with E-state index in [9.17, 15) is 0 Å². The van der Waals surface area contributed by atoms with Crippen molar-refractivity contribution in [1.29, 1.82) is 0 Å².